The molecule has 0 atom stereocenters. The highest BCUT2D eigenvalue weighted by atomic mass is 16.2. The van der Waals surface area contributed by atoms with Crippen LogP contribution in [0, 0.1) is 0 Å². The van der Waals surface area contributed by atoms with E-state index >= 15 is 0 Å². The molecule has 0 unspecified atom stereocenters. The Balaban J connectivity index is 1.31. The summed E-state index contributed by atoms with van der Waals surface area (Å²) in [5.74, 6) is 1.49. The number of hydrogen-bond donors (Lipinski definition) is 1. The minimum absolute atomic E-state index is 0.0657. The third-order valence-electron chi connectivity index (χ3n) is 4.88. The van der Waals surface area contributed by atoms with Gasteiger partial charge < -0.3 is 15.1 Å². The van der Waals surface area contributed by atoms with Gasteiger partial charge in [-0.15, -0.1) is 10.2 Å². The predicted molar refractivity (Wildman–Crippen MR) is 108 cm³/mol. The number of hydrogen-bond acceptors (Lipinski definition) is 5. The van der Waals surface area contributed by atoms with Crippen molar-refractivity contribution in [1.29, 1.82) is 0 Å². The lowest BCUT2D eigenvalue weighted by molar-refractivity contribution is 0.208. The number of nitrogens with one attached hydrogen (secondary N) is 1. The summed E-state index contributed by atoms with van der Waals surface area (Å²) in [6.07, 6.45) is 4.52. The fourth-order valence-electron chi connectivity index (χ4n) is 3.18. The summed E-state index contributed by atoms with van der Waals surface area (Å²) in [4.78, 5) is 16.5. The zero-order valence-corrected chi connectivity index (χ0v) is 15.8. The van der Waals surface area contributed by atoms with Gasteiger partial charge in [-0.05, 0) is 42.3 Å². The van der Waals surface area contributed by atoms with Crippen molar-refractivity contribution in [1.82, 2.24) is 24.9 Å². The first-order chi connectivity index (χ1) is 13.7. The summed E-state index contributed by atoms with van der Waals surface area (Å²) in [7, 11) is 0. The Morgan fingerprint density at radius 1 is 1.00 bits per heavy atom. The number of urea groups is 1. The van der Waals surface area contributed by atoms with E-state index in [1.165, 1.54) is 5.56 Å². The maximum atomic E-state index is 12.5. The maximum Gasteiger partial charge on any atom is 0.321 e. The van der Waals surface area contributed by atoms with E-state index in [-0.39, 0.29) is 6.03 Å². The fourth-order valence-corrected chi connectivity index (χ4v) is 3.18. The number of amides is 2. The van der Waals surface area contributed by atoms with Gasteiger partial charge in [0.25, 0.3) is 0 Å². The molecule has 8 heteroatoms. The van der Waals surface area contributed by atoms with Gasteiger partial charge in [0.1, 0.15) is 0 Å². The zero-order chi connectivity index (χ0) is 19.3. The van der Waals surface area contributed by atoms with Crippen LogP contribution < -0.4 is 10.2 Å². The molecular weight excluding hydrogens is 354 g/mol. The van der Waals surface area contributed by atoms with Crippen LogP contribution >= 0.6 is 0 Å². The summed E-state index contributed by atoms with van der Waals surface area (Å²) in [6.45, 7) is 4.83. The summed E-state index contributed by atoms with van der Waals surface area (Å²) >= 11 is 0. The molecule has 8 nitrogen and oxygen atoms in total. The number of piperazine rings is 1. The van der Waals surface area contributed by atoms with Gasteiger partial charge in [0.2, 0.25) is 0 Å². The highest BCUT2D eigenvalue weighted by molar-refractivity contribution is 5.89. The van der Waals surface area contributed by atoms with Crippen LogP contribution in [0.1, 0.15) is 12.5 Å². The molecule has 0 saturated carbocycles. The van der Waals surface area contributed by atoms with Crippen LogP contribution in [0.4, 0.5) is 16.3 Å². The number of carbonyl (C=O) groups is 1. The van der Waals surface area contributed by atoms with Gasteiger partial charge >= 0.3 is 6.03 Å². The smallest absolute Gasteiger partial charge is 0.321 e. The molecule has 3 aromatic rings. The Bertz CT molecular complexity index is 899. The summed E-state index contributed by atoms with van der Waals surface area (Å²) < 4.78 is 1.67. The third-order valence-corrected chi connectivity index (χ3v) is 4.88. The van der Waals surface area contributed by atoms with Crippen LogP contribution in [0.5, 0.6) is 0 Å². The van der Waals surface area contributed by atoms with Gasteiger partial charge in [0, 0.05) is 44.3 Å². The molecule has 28 heavy (non-hydrogen) atoms. The van der Waals surface area contributed by atoms with Gasteiger partial charge in [-0.3, -0.25) is 0 Å². The van der Waals surface area contributed by atoms with E-state index in [0.717, 1.165) is 31.0 Å². The van der Waals surface area contributed by atoms with Crippen molar-refractivity contribution in [2.45, 2.75) is 13.3 Å². The average molecular weight is 377 g/mol. The molecule has 0 radical (unpaired) electrons. The molecule has 2 amide bonds. The number of aryl methyl sites for hydroxylation is 1. The Hall–Kier alpha value is -3.42. The highest BCUT2D eigenvalue weighted by Crippen LogP contribution is 2.15. The van der Waals surface area contributed by atoms with E-state index in [0.29, 0.717) is 18.9 Å². The van der Waals surface area contributed by atoms with Crippen LogP contribution in [0.15, 0.2) is 54.9 Å². The van der Waals surface area contributed by atoms with Gasteiger partial charge in [-0.2, -0.15) is 5.10 Å². The number of aromatic nitrogens is 4. The van der Waals surface area contributed by atoms with Crippen molar-refractivity contribution in [3.05, 3.63) is 60.4 Å². The monoisotopic (exact) mass is 377 g/mol. The molecule has 2 aromatic heterocycles. The van der Waals surface area contributed by atoms with E-state index in [4.69, 9.17) is 0 Å². The van der Waals surface area contributed by atoms with Crippen molar-refractivity contribution in [3.8, 4) is 5.82 Å². The molecule has 1 fully saturated rings. The van der Waals surface area contributed by atoms with Crippen molar-refractivity contribution in [2.75, 3.05) is 36.4 Å². The number of carbonyl (C=O) groups excluding carboxylic acids is 1. The highest BCUT2D eigenvalue weighted by Gasteiger charge is 2.22. The van der Waals surface area contributed by atoms with Crippen molar-refractivity contribution >= 4 is 17.5 Å². The second-order valence-corrected chi connectivity index (χ2v) is 6.66. The summed E-state index contributed by atoms with van der Waals surface area (Å²) in [5, 5.41) is 15.7. The molecule has 1 aliphatic heterocycles. The average Bonchev–Trinajstić information content (AvgIpc) is 3.29. The Morgan fingerprint density at radius 2 is 1.71 bits per heavy atom. The maximum absolute atomic E-state index is 12.5. The molecule has 0 bridgehead atoms. The van der Waals surface area contributed by atoms with Gasteiger partial charge in [-0.1, -0.05) is 19.1 Å². The van der Waals surface area contributed by atoms with E-state index in [2.05, 4.69) is 32.4 Å². The van der Waals surface area contributed by atoms with E-state index < -0.39 is 0 Å². The van der Waals surface area contributed by atoms with Crippen LogP contribution in [0.3, 0.4) is 0 Å². The van der Waals surface area contributed by atoms with Crippen molar-refractivity contribution in [3.63, 3.8) is 0 Å². The van der Waals surface area contributed by atoms with Gasteiger partial charge in [0.15, 0.2) is 11.6 Å². The van der Waals surface area contributed by atoms with Crippen LogP contribution in [-0.4, -0.2) is 57.1 Å². The largest absolute Gasteiger partial charge is 0.352 e. The first kappa shape index (κ1) is 18.0. The first-order valence-electron chi connectivity index (χ1n) is 9.46. The Labute approximate surface area is 163 Å². The minimum Gasteiger partial charge on any atom is -0.352 e. The second kappa shape index (κ2) is 8.08. The molecule has 3 heterocycles. The van der Waals surface area contributed by atoms with E-state index in [9.17, 15) is 4.79 Å². The molecule has 1 aliphatic rings. The number of nitrogens with zero attached hydrogens (tertiary/aromatic N) is 6. The predicted octanol–water partition coefficient (Wildman–Crippen LogP) is 2.58. The fraction of sp³-hybridized carbons (Fsp3) is 0.300. The third kappa shape index (κ3) is 3.95. The van der Waals surface area contributed by atoms with E-state index in [1.54, 1.807) is 10.9 Å². The number of benzene rings is 1. The van der Waals surface area contributed by atoms with Crippen LogP contribution in [0.25, 0.3) is 5.82 Å². The minimum atomic E-state index is -0.0657. The summed E-state index contributed by atoms with van der Waals surface area (Å²) in [6, 6.07) is 13.6. The molecule has 1 saturated heterocycles. The molecule has 1 aromatic carbocycles. The van der Waals surface area contributed by atoms with Crippen LogP contribution in [0.2, 0.25) is 0 Å². The zero-order valence-electron chi connectivity index (χ0n) is 15.8. The first-order valence-corrected chi connectivity index (χ1v) is 9.46. The molecule has 0 spiro atoms. The number of rotatable bonds is 4. The quantitative estimate of drug-likeness (QED) is 0.756. The summed E-state index contributed by atoms with van der Waals surface area (Å²) in [5.41, 5.74) is 2.08. The molecule has 1 N–H and O–H groups in total. The topological polar surface area (TPSA) is 79.2 Å². The SMILES string of the molecule is CCc1ccc(NC(=O)N2CCN(c3ccc(-n4cccn4)nn3)CC2)cc1. The standard InChI is InChI=1S/C20H23N7O/c1-2-16-4-6-17(7-5-16)22-20(28)26-14-12-25(13-15-26)18-8-9-19(24-23-18)27-11-3-10-21-27/h3-11H,2,12-15H2,1H3,(H,22,28). The van der Waals surface area contributed by atoms with E-state index in [1.807, 2.05) is 53.6 Å². The Kier molecular flexibility index (Phi) is 5.18. The lowest BCUT2D eigenvalue weighted by Crippen LogP contribution is -2.50. The molecule has 0 aliphatic carbocycles. The van der Waals surface area contributed by atoms with Gasteiger partial charge in [-0.25, -0.2) is 9.48 Å². The molecular formula is C20H23N7O. The second-order valence-electron chi connectivity index (χ2n) is 6.66. The lowest BCUT2D eigenvalue weighted by atomic mass is 10.1. The van der Waals surface area contributed by atoms with Crippen molar-refractivity contribution < 1.29 is 4.79 Å². The lowest BCUT2D eigenvalue weighted by Gasteiger charge is -2.35. The van der Waals surface area contributed by atoms with Crippen molar-refractivity contribution in [2.24, 2.45) is 0 Å². The molecule has 144 valence electrons. The van der Waals surface area contributed by atoms with Gasteiger partial charge in [0.05, 0.1) is 0 Å². The normalized spacial score (nSPS) is 14.2. The van der Waals surface area contributed by atoms with Crippen LogP contribution in [-0.2, 0) is 6.42 Å². The number of anilines is 2. The molecule has 4 rings (SSSR count). The Morgan fingerprint density at radius 3 is 2.32 bits per heavy atom.